The molecule has 0 bridgehead atoms. The van der Waals surface area contributed by atoms with Crippen molar-refractivity contribution in [2.75, 3.05) is 24.6 Å². The number of nitrogens with zero attached hydrogens (tertiary/aromatic N) is 1. The molecule has 6 heteroatoms. The molecule has 0 fully saturated rings. The van der Waals surface area contributed by atoms with E-state index in [0.29, 0.717) is 6.61 Å². The average Bonchev–Trinajstić information content (AvgIpc) is 2.40. The van der Waals surface area contributed by atoms with E-state index >= 15 is 0 Å². The minimum Gasteiger partial charge on any atom is -0.494 e. The molecule has 0 amide bonds. The van der Waals surface area contributed by atoms with E-state index in [1.165, 1.54) is 0 Å². The molecular weight excluding hydrogens is 262 g/mol. The predicted octanol–water partition coefficient (Wildman–Crippen LogP) is 1.84. The Labute approximate surface area is 117 Å². The van der Waals surface area contributed by atoms with Crippen LogP contribution in [0.4, 0.5) is 5.69 Å². The van der Waals surface area contributed by atoms with Gasteiger partial charge < -0.3 is 19.8 Å². The molecule has 0 aliphatic heterocycles. The van der Waals surface area contributed by atoms with Crippen LogP contribution in [0.25, 0.3) is 0 Å². The van der Waals surface area contributed by atoms with Crippen molar-refractivity contribution in [1.29, 1.82) is 0 Å². The molecule has 2 N–H and O–H groups in total. The van der Waals surface area contributed by atoms with E-state index in [1.54, 1.807) is 29.2 Å². The summed E-state index contributed by atoms with van der Waals surface area (Å²) in [6, 6.07) is 7.17. The highest BCUT2D eigenvalue weighted by Gasteiger charge is 2.10. The van der Waals surface area contributed by atoms with Crippen molar-refractivity contribution < 1.29 is 24.5 Å². The van der Waals surface area contributed by atoms with Crippen LogP contribution in [0.2, 0.25) is 0 Å². The summed E-state index contributed by atoms with van der Waals surface area (Å²) in [5.41, 5.74) is 0.788. The van der Waals surface area contributed by atoms with Crippen LogP contribution >= 0.6 is 0 Å². The molecule has 0 saturated carbocycles. The Bertz CT molecular complexity index is 425. The molecule has 0 aliphatic rings. The summed E-state index contributed by atoms with van der Waals surface area (Å²) < 4.78 is 5.33. The Morgan fingerprint density at radius 3 is 1.95 bits per heavy atom. The number of ether oxygens (including phenoxy) is 1. The van der Waals surface area contributed by atoms with Gasteiger partial charge in [0, 0.05) is 18.8 Å². The summed E-state index contributed by atoms with van der Waals surface area (Å²) in [5, 5.41) is 17.5. The van der Waals surface area contributed by atoms with Gasteiger partial charge in [-0.05, 0) is 31.2 Å². The molecule has 20 heavy (non-hydrogen) atoms. The molecule has 1 aromatic rings. The first-order valence-corrected chi connectivity index (χ1v) is 6.44. The normalized spacial score (nSPS) is 10.1. The summed E-state index contributed by atoms with van der Waals surface area (Å²) in [7, 11) is 0. The number of hydrogen-bond acceptors (Lipinski definition) is 4. The molecule has 0 unspecified atom stereocenters. The first-order chi connectivity index (χ1) is 9.52. The number of carbonyl (C=O) groups is 2. The zero-order chi connectivity index (χ0) is 15.0. The van der Waals surface area contributed by atoms with Crippen molar-refractivity contribution >= 4 is 17.6 Å². The molecule has 0 aromatic heterocycles. The maximum Gasteiger partial charge on any atom is 0.305 e. The van der Waals surface area contributed by atoms with Crippen molar-refractivity contribution in [3.8, 4) is 5.75 Å². The lowest BCUT2D eigenvalue weighted by atomic mass is 10.2. The molecule has 0 aliphatic carbocycles. The van der Waals surface area contributed by atoms with E-state index in [-0.39, 0.29) is 25.9 Å². The zero-order valence-electron chi connectivity index (χ0n) is 11.4. The van der Waals surface area contributed by atoms with Crippen molar-refractivity contribution in [3.63, 3.8) is 0 Å². The number of carboxylic acid groups (broad SMARTS) is 2. The number of hydrogen-bond donors (Lipinski definition) is 2. The summed E-state index contributed by atoms with van der Waals surface area (Å²) >= 11 is 0. The molecule has 0 atom stereocenters. The Balaban J connectivity index is 2.73. The van der Waals surface area contributed by atoms with Crippen LogP contribution in [0.15, 0.2) is 24.3 Å². The summed E-state index contributed by atoms with van der Waals surface area (Å²) in [6.07, 6.45) is -0.0698. The van der Waals surface area contributed by atoms with Gasteiger partial charge in [-0.3, -0.25) is 9.59 Å². The van der Waals surface area contributed by atoms with Crippen LogP contribution in [-0.2, 0) is 9.59 Å². The van der Waals surface area contributed by atoms with Gasteiger partial charge in [0.2, 0.25) is 0 Å². The van der Waals surface area contributed by atoms with E-state index in [9.17, 15) is 9.59 Å². The Morgan fingerprint density at radius 1 is 1.05 bits per heavy atom. The zero-order valence-corrected chi connectivity index (χ0v) is 11.4. The molecule has 110 valence electrons. The fourth-order valence-electron chi connectivity index (χ4n) is 1.75. The van der Waals surface area contributed by atoms with E-state index in [4.69, 9.17) is 14.9 Å². The highest BCUT2D eigenvalue weighted by atomic mass is 16.5. The number of anilines is 1. The van der Waals surface area contributed by atoms with Crippen molar-refractivity contribution in [3.05, 3.63) is 24.3 Å². The minimum atomic E-state index is -0.906. The maximum absolute atomic E-state index is 10.6. The number of benzene rings is 1. The van der Waals surface area contributed by atoms with Crippen LogP contribution in [-0.4, -0.2) is 41.8 Å². The van der Waals surface area contributed by atoms with Crippen LogP contribution in [0.5, 0.6) is 5.75 Å². The largest absolute Gasteiger partial charge is 0.494 e. The second kappa shape index (κ2) is 8.04. The monoisotopic (exact) mass is 281 g/mol. The molecule has 0 heterocycles. The third kappa shape index (κ3) is 5.60. The fraction of sp³-hybridized carbons (Fsp3) is 0.429. The summed E-state index contributed by atoms with van der Waals surface area (Å²) in [5.74, 6) is -1.08. The first kappa shape index (κ1) is 15.8. The molecular formula is C14H19NO5. The van der Waals surface area contributed by atoms with Gasteiger partial charge in [0.05, 0.1) is 19.4 Å². The fourth-order valence-corrected chi connectivity index (χ4v) is 1.75. The van der Waals surface area contributed by atoms with Gasteiger partial charge >= 0.3 is 11.9 Å². The smallest absolute Gasteiger partial charge is 0.305 e. The van der Waals surface area contributed by atoms with Crippen molar-refractivity contribution in [2.45, 2.75) is 19.8 Å². The van der Waals surface area contributed by atoms with E-state index < -0.39 is 11.9 Å². The Hall–Kier alpha value is -2.24. The molecule has 1 rings (SSSR count). The summed E-state index contributed by atoms with van der Waals surface area (Å²) in [4.78, 5) is 23.0. The number of aliphatic carboxylic acids is 2. The van der Waals surface area contributed by atoms with Gasteiger partial charge in [0.25, 0.3) is 0 Å². The highest BCUT2D eigenvalue weighted by Crippen LogP contribution is 2.20. The van der Waals surface area contributed by atoms with Gasteiger partial charge in [0.15, 0.2) is 0 Å². The predicted molar refractivity (Wildman–Crippen MR) is 74.3 cm³/mol. The van der Waals surface area contributed by atoms with Crippen LogP contribution in [0.3, 0.4) is 0 Å². The highest BCUT2D eigenvalue weighted by molar-refractivity contribution is 5.69. The van der Waals surface area contributed by atoms with Crippen LogP contribution < -0.4 is 9.64 Å². The second-order valence-corrected chi connectivity index (χ2v) is 4.20. The SMILES string of the molecule is CCOc1ccc(N(CCC(=O)O)CCC(=O)O)cc1. The second-order valence-electron chi connectivity index (χ2n) is 4.20. The van der Waals surface area contributed by atoms with Crippen LogP contribution in [0, 0.1) is 0 Å². The van der Waals surface area contributed by atoms with Crippen LogP contribution in [0.1, 0.15) is 19.8 Å². The van der Waals surface area contributed by atoms with Gasteiger partial charge in [-0.1, -0.05) is 0 Å². The average molecular weight is 281 g/mol. The lowest BCUT2D eigenvalue weighted by molar-refractivity contribution is -0.137. The molecule has 0 saturated heterocycles. The lowest BCUT2D eigenvalue weighted by Crippen LogP contribution is -2.28. The van der Waals surface area contributed by atoms with Gasteiger partial charge in [-0.25, -0.2) is 0 Å². The van der Waals surface area contributed by atoms with Gasteiger partial charge in [-0.15, -0.1) is 0 Å². The Kier molecular flexibility index (Phi) is 6.36. The quantitative estimate of drug-likeness (QED) is 0.718. The third-order valence-electron chi connectivity index (χ3n) is 2.70. The molecule has 0 radical (unpaired) electrons. The van der Waals surface area contributed by atoms with Crippen molar-refractivity contribution in [1.82, 2.24) is 0 Å². The Morgan fingerprint density at radius 2 is 1.55 bits per heavy atom. The number of rotatable bonds is 9. The minimum absolute atomic E-state index is 0.0349. The third-order valence-corrected chi connectivity index (χ3v) is 2.70. The van der Waals surface area contributed by atoms with Gasteiger partial charge in [-0.2, -0.15) is 0 Å². The number of carboxylic acids is 2. The van der Waals surface area contributed by atoms with Gasteiger partial charge in [0.1, 0.15) is 5.75 Å². The molecule has 6 nitrogen and oxygen atoms in total. The topological polar surface area (TPSA) is 87.1 Å². The molecule has 1 aromatic carbocycles. The van der Waals surface area contributed by atoms with E-state index in [0.717, 1.165) is 11.4 Å². The lowest BCUT2D eigenvalue weighted by Gasteiger charge is -2.23. The first-order valence-electron chi connectivity index (χ1n) is 6.44. The summed E-state index contributed by atoms with van der Waals surface area (Å²) in [6.45, 7) is 3.01. The van der Waals surface area contributed by atoms with E-state index in [1.807, 2.05) is 6.92 Å². The standard InChI is InChI=1S/C14H19NO5/c1-2-20-12-5-3-11(4-6-12)15(9-7-13(16)17)10-8-14(18)19/h3-6H,2,7-10H2,1H3,(H,16,17)(H,18,19). The van der Waals surface area contributed by atoms with Crippen molar-refractivity contribution in [2.24, 2.45) is 0 Å². The maximum atomic E-state index is 10.6. The molecule has 0 spiro atoms. The van der Waals surface area contributed by atoms with E-state index in [2.05, 4.69) is 0 Å².